The van der Waals surface area contributed by atoms with Crippen molar-refractivity contribution in [3.8, 4) is 11.8 Å². The van der Waals surface area contributed by atoms with E-state index in [1.165, 1.54) is 32.9 Å². The second-order valence-electron chi connectivity index (χ2n) is 13.7. The second kappa shape index (κ2) is 20.3. The fourth-order valence-corrected chi connectivity index (χ4v) is 7.38. The summed E-state index contributed by atoms with van der Waals surface area (Å²) >= 11 is 2.95. The number of nitrogens with one attached hydrogen (secondary N) is 3. The van der Waals surface area contributed by atoms with Crippen LogP contribution in [0.25, 0.3) is 0 Å². The van der Waals surface area contributed by atoms with E-state index in [4.69, 9.17) is 4.74 Å². The molecule has 292 valence electrons. The van der Waals surface area contributed by atoms with Crippen molar-refractivity contribution in [3.05, 3.63) is 117 Å². The van der Waals surface area contributed by atoms with E-state index in [1.54, 1.807) is 30.1 Å². The first-order valence-electron chi connectivity index (χ1n) is 18.3. The fraction of sp³-hybridized carbons (Fsp3) is 0.375. The minimum atomic E-state index is -1.02. The lowest BCUT2D eigenvalue weighted by Crippen LogP contribution is -2.53. The van der Waals surface area contributed by atoms with Crippen molar-refractivity contribution in [2.75, 3.05) is 7.05 Å². The molecule has 3 aromatic heterocycles. The molecule has 55 heavy (non-hydrogen) atoms. The van der Waals surface area contributed by atoms with Crippen LogP contribution in [0.4, 0.5) is 9.59 Å². The highest BCUT2D eigenvalue weighted by Gasteiger charge is 2.27. The predicted molar refractivity (Wildman–Crippen MR) is 213 cm³/mol. The van der Waals surface area contributed by atoms with Gasteiger partial charge in [0.1, 0.15) is 12.6 Å². The topological polar surface area (TPSA) is 171 Å². The number of aromatic hydroxyl groups is 2. The van der Waals surface area contributed by atoms with Gasteiger partial charge in [-0.15, -0.1) is 22.7 Å². The summed E-state index contributed by atoms with van der Waals surface area (Å²) in [4.78, 5) is 51.7. The number of amides is 4. The minimum Gasteiger partial charge on any atom is -0.494 e. The summed E-state index contributed by atoms with van der Waals surface area (Å²) in [7, 11) is 1.64. The Morgan fingerprint density at radius 2 is 1.45 bits per heavy atom. The highest BCUT2D eigenvalue weighted by atomic mass is 32.1. The molecule has 3 atom stereocenters. The first kappa shape index (κ1) is 40.8. The van der Waals surface area contributed by atoms with E-state index >= 15 is 0 Å². The number of ether oxygens (including phenoxy) is 1. The van der Waals surface area contributed by atoms with E-state index in [0.29, 0.717) is 25.7 Å². The Kier molecular flexibility index (Phi) is 15.1. The molecule has 0 fully saturated rings. The van der Waals surface area contributed by atoms with Crippen molar-refractivity contribution in [1.29, 1.82) is 0 Å². The number of nitrogens with zero attached hydrogens (tertiary/aromatic N) is 4. The van der Waals surface area contributed by atoms with Crippen molar-refractivity contribution >= 4 is 40.7 Å². The third-order valence-corrected chi connectivity index (χ3v) is 11.0. The maximum absolute atomic E-state index is 14.2. The summed E-state index contributed by atoms with van der Waals surface area (Å²) in [6, 6.07) is 20.2. The molecule has 0 aliphatic heterocycles. The summed E-state index contributed by atoms with van der Waals surface area (Å²) in [6.45, 7) is 4.56. The Hall–Kier alpha value is -5.41. The monoisotopic (exact) mass is 787 g/mol. The number of benzene rings is 2. The lowest BCUT2D eigenvalue weighted by Gasteiger charge is -2.27. The van der Waals surface area contributed by atoms with E-state index in [1.807, 2.05) is 66.0 Å². The molecular weight excluding hydrogens is 739 g/mol. The molecule has 5 rings (SSSR count). The fourth-order valence-electron chi connectivity index (χ4n) is 6.05. The number of thiazole rings is 2. The smallest absolute Gasteiger partial charge is 0.407 e. The molecule has 0 saturated carbocycles. The molecule has 0 spiro atoms. The number of hydrogen-bond acceptors (Lipinski definition) is 10. The summed E-state index contributed by atoms with van der Waals surface area (Å²) in [5, 5.41) is 32.6. The molecule has 13 nitrogen and oxygen atoms in total. The van der Waals surface area contributed by atoms with Crippen LogP contribution in [0.5, 0.6) is 11.8 Å². The van der Waals surface area contributed by atoms with Gasteiger partial charge in [0, 0.05) is 55.3 Å². The van der Waals surface area contributed by atoms with Gasteiger partial charge < -0.3 is 35.8 Å². The number of aromatic nitrogens is 3. The van der Waals surface area contributed by atoms with Crippen molar-refractivity contribution in [2.45, 2.75) is 89.7 Å². The predicted octanol–water partition coefficient (Wildman–Crippen LogP) is 6.58. The Labute approximate surface area is 329 Å². The van der Waals surface area contributed by atoms with Crippen LogP contribution in [0.15, 0.2) is 89.9 Å². The number of carbonyl (C=O) groups excluding carboxylic acids is 3. The molecule has 0 bridgehead atoms. The highest BCUT2D eigenvalue weighted by Crippen LogP contribution is 2.23. The number of carbonyl (C=O) groups is 3. The molecular formula is C40H49N7O6S2. The molecule has 4 amide bonds. The van der Waals surface area contributed by atoms with Crippen LogP contribution in [0.3, 0.4) is 0 Å². The first-order valence-corrected chi connectivity index (χ1v) is 20.0. The Balaban J connectivity index is 1.31. The number of alkyl carbamates (subject to hydrolysis) is 1. The number of rotatable bonds is 19. The van der Waals surface area contributed by atoms with Crippen LogP contribution in [-0.4, -0.2) is 72.9 Å². The molecule has 0 radical (unpaired) electrons. The first-order chi connectivity index (χ1) is 26.5. The van der Waals surface area contributed by atoms with Gasteiger partial charge in [-0.2, -0.15) is 0 Å². The zero-order valence-electron chi connectivity index (χ0n) is 31.3. The van der Waals surface area contributed by atoms with Gasteiger partial charge in [-0.3, -0.25) is 14.3 Å². The van der Waals surface area contributed by atoms with Gasteiger partial charge in [0.25, 0.3) is 0 Å². The van der Waals surface area contributed by atoms with Crippen LogP contribution in [0, 0.1) is 0 Å². The third kappa shape index (κ3) is 12.9. The van der Waals surface area contributed by atoms with Crippen LogP contribution in [-0.2, 0) is 42.1 Å². The number of hydrogen-bond donors (Lipinski definition) is 5. The zero-order chi connectivity index (χ0) is 39.2. The minimum absolute atomic E-state index is 0.0622. The van der Waals surface area contributed by atoms with Gasteiger partial charge in [0.05, 0.1) is 27.6 Å². The van der Waals surface area contributed by atoms with E-state index in [2.05, 4.69) is 39.8 Å². The SMILES string of the molecule is CC(C)c1nc(CN(C)C(=O)N[C@@H](CCn2c(O)ccc2O)C(=O)N[C@@H](CC[C@@H](Cc2ccccc2)NC(=O)OCc2cncs2)Cc2ccccc2)cs1. The molecule has 3 heterocycles. The quantitative estimate of drug-likeness (QED) is 0.0625. The van der Waals surface area contributed by atoms with E-state index < -0.39 is 24.1 Å². The maximum atomic E-state index is 14.2. The van der Waals surface area contributed by atoms with Gasteiger partial charge in [0.2, 0.25) is 5.91 Å². The number of urea groups is 1. The van der Waals surface area contributed by atoms with Gasteiger partial charge in [0.15, 0.2) is 11.8 Å². The third-order valence-electron chi connectivity index (χ3n) is 9.01. The molecule has 0 aliphatic rings. The van der Waals surface area contributed by atoms with Gasteiger partial charge in [-0.05, 0) is 43.2 Å². The van der Waals surface area contributed by atoms with Crippen LogP contribution in [0.2, 0.25) is 0 Å². The highest BCUT2D eigenvalue weighted by molar-refractivity contribution is 7.09. The molecule has 5 N–H and O–H groups in total. The molecule has 0 aliphatic carbocycles. The standard InChI is InChI=1S/C40H49N7O6S2/c1-27(2)38-43-32(25-54-38)23-46(3)39(51)45-34(18-19-47-35(48)16-17-36(47)49)37(50)42-30(20-28-10-6-4-7-11-28)14-15-31(21-29-12-8-5-9-13-29)44-40(52)53-24-33-22-41-26-55-33/h4-13,16-17,22,25-27,30-31,34,48-49H,14-15,18-21,23-24H2,1-3H3,(H,42,50)(H,44,52)(H,45,51)/t30-,31-,34-/m0/s1. The van der Waals surface area contributed by atoms with Crippen molar-refractivity contribution in [2.24, 2.45) is 0 Å². The average Bonchev–Trinajstić information content (AvgIpc) is 3.94. The zero-order valence-corrected chi connectivity index (χ0v) is 32.9. The lowest BCUT2D eigenvalue weighted by atomic mass is 9.95. The van der Waals surface area contributed by atoms with Crippen LogP contribution < -0.4 is 16.0 Å². The normalized spacial score (nSPS) is 12.8. The van der Waals surface area contributed by atoms with E-state index in [0.717, 1.165) is 26.7 Å². The maximum Gasteiger partial charge on any atom is 0.407 e. The molecule has 0 saturated heterocycles. The van der Waals surface area contributed by atoms with Gasteiger partial charge in [-0.1, -0.05) is 74.5 Å². The summed E-state index contributed by atoms with van der Waals surface area (Å²) < 4.78 is 6.77. The average molecular weight is 788 g/mol. The Morgan fingerprint density at radius 3 is 2.02 bits per heavy atom. The second-order valence-corrected chi connectivity index (χ2v) is 15.6. The summed E-state index contributed by atoms with van der Waals surface area (Å²) in [6.07, 6.45) is 3.26. The van der Waals surface area contributed by atoms with E-state index in [-0.39, 0.29) is 55.9 Å². The van der Waals surface area contributed by atoms with Crippen LogP contribution in [0.1, 0.15) is 65.7 Å². The molecule has 15 heteroatoms. The molecule has 2 aromatic carbocycles. The summed E-state index contributed by atoms with van der Waals surface area (Å²) in [5.41, 5.74) is 4.49. The van der Waals surface area contributed by atoms with Crippen molar-refractivity contribution < 1.29 is 29.3 Å². The van der Waals surface area contributed by atoms with Crippen molar-refractivity contribution in [1.82, 2.24) is 35.4 Å². The van der Waals surface area contributed by atoms with Gasteiger partial charge in [-0.25, -0.2) is 14.6 Å². The summed E-state index contributed by atoms with van der Waals surface area (Å²) in [5.74, 6) is -0.465. The van der Waals surface area contributed by atoms with E-state index in [9.17, 15) is 24.6 Å². The Bertz CT molecular complexity index is 1920. The molecule has 0 unspecified atom stereocenters. The Morgan fingerprint density at radius 1 is 0.836 bits per heavy atom. The van der Waals surface area contributed by atoms with Gasteiger partial charge >= 0.3 is 12.1 Å². The lowest BCUT2D eigenvalue weighted by molar-refractivity contribution is -0.124. The largest absolute Gasteiger partial charge is 0.494 e. The van der Waals surface area contributed by atoms with Crippen LogP contribution >= 0.6 is 22.7 Å². The molecule has 5 aromatic rings. The van der Waals surface area contributed by atoms with Crippen molar-refractivity contribution in [3.63, 3.8) is 0 Å².